The largest absolute Gasteiger partial charge is 0.493 e. The third kappa shape index (κ3) is 3.42. The van der Waals surface area contributed by atoms with Gasteiger partial charge in [0.25, 0.3) is 5.91 Å². The topological polar surface area (TPSA) is 72.6 Å². The fourth-order valence-electron chi connectivity index (χ4n) is 2.88. The molecule has 2 N–H and O–H groups in total. The standard InChI is InChI=1S/C19H17F3N2O4/c1-26-14-8-13-15(17(28-3)16(14)27-2)12(9-23-13)18(25)24-11-6-4-10(5-7-11)19(20,21)22/h4-9,23H,1-3H3,(H,24,25). The van der Waals surface area contributed by atoms with Crippen molar-refractivity contribution in [1.82, 2.24) is 4.98 Å². The van der Waals surface area contributed by atoms with Crippen molar-refractivity contribution >= 4 is 22.5 Å². The van der Waals surface area contributed by atoms with Crippen molar-refractivity contribution in [3.8, 4) is 17.2 Å². The molecule has 1 heterocycles. The van der Waals surface area contributed by atoms with Gasteiger partial charge in [-0.1, -0.05) is 0 Å². The molecule has 0 aliphatic rings. The van der Waals surface area contributed by atoms with E-state index in [1.165, 1.54) is 39.7 Å². The maximum atomic E-state index is 12.7. The second kappa shape index (κ2) is 7.34. The minimum atomic E-state index is -4.44. The van der Waals surface area contributed by atoms with Gasteiger partial charge < -0.3 is 24.5 Å². The van der Waals surface area contributed by atoms with Crippen LogP contribution in [0.2, 0.25) is 0 Å². The highest BCUT2D eigenvalue weighted by Crippen LogP contribution is 2.44. The van der Waals surface area contributed by atoms with Gasteiger partial charge in [-0.25, -0.2) is 0 Å². The molecule has 0 atom stereocenters. The first-order valence-electron chi connectivity index (χ1n) is 8.08. The summed E-state index contributed by atoms with van der Waals surface area (Å²) in [5.41, 5.74) is 0.252. The Hall–Kier alpha value is -3.36. The first-order chi connectivity index (χ1) is 13.3. The molecule has 3 aromatic rings. The van der Waals surface area contributed by atoms with E-state index in [-0.39, 0.29) is 11.3 Å². The molecule has 148 valence electrons. The molecule has 0 saturated carbocycles. The summed E-state index contributed by atoms with van der Waals surface area (Å²) in [6.07, 6.45) is -2.96. The van der Waals surface area contributed by atoms with Crippen molar-refractivity contribution in [3.05, 3.63) is 47.7 Å². The number of carbonyl (C=O) groups is 1. The van der Waals surface area contributed by atoms with Gasteiger partial charge in [0, 0.05) is 18.0 Å². The Morgan fingerprint density at radius 1 is 1.00 bits per heavy atom. The molecule has 9 heteroatoms. The van der Waals surface area contributed by atoms with Crippen LogP contribution in [0.1, 0.15) is 15.9 Å². The number of hydrogen-bond donors (Lipinski definition) is 2. The number of benzene rings is 2. The third-order valence-corrected chi connectivity index (χ3v) is 4.19. The number of anilines is 1. The Kier molecular flexibility index (Phi) is 5.08. The van der Waals surface area contributed by atoms with Crippen LogP contribution in [-0.2, 0) is 6.18 Å². The predicted octanol–water partition coefficient (Wildman–Crippen LogP) is 4.46. The number of ether oxygens (including phenoxy) is 3. The summed E-state index contributed by atoms with van der Waals surface area (Å²) >= 11 is 0. The van der Waals surface area contributed by atoms with E-state index in [4.69, 9.17) is 14.2 Å². The van der Waals surface area contributed by atoms with Crippen molar-refractivity contribution in [3.63, 3.8) is 0 Å². The Morgan fingerprint density at radius 3 is 2.18 bits per heavy atom. The van der Waals surface area contributed by atoms with E-state index >= 15 is 0 Å². The number of halogens is 3. The fraction of sp³-hybridized carbons (Fsp3) is 0.211. The maximum Gasteiger partial charge on any atom is 0.416 e. The lowest BCUT2D eigenvalue weighted by Crippen LogP contribution is -2.12. The minimum Gasteiger partial charge on any atom is -0.493 e. The monoisotopic (exact) mass is 394 g/mol. The van der Waals surface area contributed by atoms with E-state index in [9.17, 15) is 18.0 Å². The molecule has 1 amide bonds. The Balaban J connectivity index is 1.98. The molecule has 1 aromatic heterocycles. The van der Waals surface area contributed by atoms with E-state index in [0.717, 1.165) is 12.1 Å². The summed E-state index contributed by atoms with van der Waals surface area (Å²) in [6, 6.07) is 5.84. The molecule has 6 nitrogen and oxygen atoms in total. The summed E-state index contributed by atoms with van der Waals surface area (Å²) < 4.78 is 54.0. The van der Waals surface area contributed by atoms with Crippen molar-refractivity contribution in [2.24, 2.45) is 0 Å². The third-order valence-electron chi connectivity index (χ3n) is 4.19. The number of hydrogen-bond acceptors (Lipinski definition) is 4. The average molecular weight is 394 g/mol. The number of methoxy groups -OCH3 is 3. The van der Waals surface area contributed by atoms with Crippen LogP contribution in [0.5, 0.6) is 17.2 Å². The Bertz CT molecular complexity index is 1010. The van der Waals surface area contributed by atoms with Gasteiger partial charge in [-0.15, -0.1) is 0 Å². The smallest absolute Gasteiger partial charge is 0.416 e. The van der Waals surface area contributed by atoms with Crippen LogP contribution in [0.25, 0.3) is 10.9 Å². The van der Waals surface area contributed by atoms with Crippen molar-refractivity contribution in [1.29, 1.82) is 0 Å². The molecule has 0 aliphatic heterocycles. The van der Waals surface area contributed by atoms with Crippen LogP contribution in [0.3, 0.4) is 0 Å². The van der Waals surface area contributed by atoms with E-state index in [1.54, 1.807) is 6.07 Å². The van der Waals surface area contributed by atoms with Gasteiger partial charge in [0.05, 0.1) is 43.4 Å². The van der Waals surface area contributed by atoms with E-state index in [1.807, 2.05) is 0 Å². The molecular weight excluding hydrogens is 377 g/mol. The summed E-state index contributed by atoms with van der Waals surface area (Å²) in [4.78, 5) is 15.7. The van der Waals surface area contributed by atoms with Crippen molar-refractivity contribution in [2.75, 3.05) is 26.6 Å². The molecule has 0 radical (unpaired) electrons. The molecule has 0 fully saturated rings. The van der Waals surface area contributed by atoms with Crippen molar-refractivity contribution < 1.29 is 32.2 Å². The van der Waals surface area contributed by atoms with Gasteiger partial charge in [0.1, 0.15) is 0 Å². The minimum absolute atomic E-state index is 0.229. The van der Waals surface area contributed by atoms with Gasteiger partial charge in [-0.3, -0.25) is 4.79 Å². The lowest BCUT2D eigenvalue weighted by molar-refractivity contribution is -0.137. The number of aromatic amines is 1. The number of aromatic nitrogens is 1. The Labute approximate surface area is 158 Å². The van der Waals surface area contributed by atoms with E-state index in [0.29, 0.717) is 28.2 Å². The van der Waals surface area contributed by atoms with Crippen LogP contribution in [-0.4, -0.2) is 32.2 Å². The number of alkyl halides is 3. The van der Waals surface area contributed by atoms with Crippen LogP contribution >= 0.6 is 0 Å². The summed E-state index contributed by atoms with van der Waals surface area (Å²) in [5.74, 6) is 0.524. The number of fused-ring (bicyclic) bond motifs is 1. The quantitative estimate of drug-likeness (QED) is 0.670. The normalized spacial score (nSPS) is 11.4. The van der Waals surface area contributed by atoms with E-state index in [2.05, 4.69) is 10.3 Å². The molecule has 0 unspecified atom stereocenters. The predicted molar refractivity (Wildman–Crippen MR) is 97.4 cm³/mol. The zero-order chi connectivity index (χ0) is 20.5. The second-order valence-corrected chi connectivity index (χ2v) is 5.80. The highest BCUT2D eigenvalue weighted by atomic mass is 19.4. The molecule has 0 spiro atoms. The van der Waals surface area contributed by atoms with Crippen molar-refractivity contribution in [2.45, 2.75) is 6.18 Å². The number of amides is 1. The summed E-state index contributed by atoms with van der Waals surface area (Å²) in [5, 5.41) is 3.04. The summed E-state index contributed by atoms with van der Waals surface area (Å²) in [6.45, 7) is 0. The molecule has 28 heavy (non-hydrogen) atoms. The number of nitrogens with one attached hydrogen (secondary N) is 2. The number of rotatable bonds is 5. The zero-order valence-electron chi connectivity index (χ0n) is 15.2. The van der Waals surface area contributed by atoms with Gasteiger partial charge in [0.15, 0.2) is 11.5 Å². The van der Waals surface area contributed by atoms with Crippen LogP contribution in [0.15, 0.2) is 36.5 Å². The highest BCUT2D eigenvalue weighted by Gasteiger charge is 2.30. The summed E-state index contributed by atoms with van der Waals surface area (Å²) in [7, 11) is 4.35. The van der Waals surface area contributed by atoms with Gasteiger partial charge >= 0.3 is 6.18 Å². The van der Waals surface area contributed by atoms with Gasteiger partial charge in [-0.2, -0.15) is 13.2 Å². The molecule has 0 bridgehead atoms. The SMILES string of the molecule is COc1cc2[nH]cc(C(=O)Nc3ccc(C(F)(F)F)cc3)c2c(OC)c1OC. The molecule has 2 aromatic carbocycles. The molecular formula is C19H17F3N2O4. The second-order valence-electron chi connectivity index (χ2n) is 5.80. The first-order valence-corrected chi connectivity index (χ1v) is 8.08. The highest BCUT2D eigenvalue weighted by molar-refractivity contribution is 6.15. The van der Waals surface area contributed by atoms with Crippen LogP contribution in [0.4, 0.5) is 18.9 Å². The molecule has 3 rings (SSSR count). The lowest BCUT2D eigenvalue weighted by atomic mass is 10.1. The van der Waals surface area contributed by atoms with Crippen LogP contribution in [0, 0.1) is 0 Å². The number of H-pyrrole nitrogens is 1. The van der Waals surface area contributed by atoms with Gasteiger partial charge in [0.2, 0.25) is 5.75 Å². The van der Waals surface area contributed by atoms with Crippen LogP contribution < -0.4 is 19.5 Å². The Morgan fingerprint density at radius 2 is 1.64 bits per heavy atom. The maximum absolute atomic E-state index is 12.7. The first kappa shape index (κ1) is 19.4. The number of carbonyl (C=O) groups excluding carboxylic acids is 1. The van der Waals surface area contributed by atoms with Gasteiger partial charge in [-0.05, 0) is 24.3 Å². The lowest BCUT2D eigenvalue weighted by Gasteiger charge is -2.14. The zero-order valence-corrected chi connectivity index (χ0v) is 15.2. The van der Waals surface area contributed by atoms with E-state index < -0.39 is 17.6 Å². The fourth-order valence-corrected chi connectivity index (χ4v) is 2.88. The molecule has 0 aliphatic carbocycles. The molecule has 0 saturated heterocycles. The average Bonchev–Trinajstić information content (AvgIpc) is 3.09.